The first kappa shape index (κ1) is 17.6. The Morgan fingerprint density at radius 2 is 1.78 bits per heavy atom. The number of hydrogen-bond acceptors (Lipinski definition) is 3. The molecule has 2 nitrogen and oxygen atoms in total. The van der Waals surface area contributed by atoms with Crippen molar-refractivity contribution in [2.24, 2.45) is 0 Å². The molecule has 0 bridgehead atoms. The van der Waals surface area contributed by atoms with Gasteiger partial charge in [0, 0.05) is 6.42 Å². The molecule has 18 heavy (non-hydrogen) atoms. The van der Waals surface area contributed by atoms with E-state index in [1.54, 1.807) is 27.7 Å². The SMILES string of the molecule is CC(SCCCCC(F)(F)F)C(=O)OC(C)(C)C. The predicted molar refractivity (Wildman–Crippen MR) is 67.7 cm³/mol. The van der Waals surface area contributed by atoms with Crippen LogP contribution in [0.5, 0.6) is 0 Å². The number of unbranched alkanes of at least 4 members (excludes halogenated alkanes) is 1. The Morgan fingerprint density at radius 1 is 1.22 bits per heavy atom. The van der Waals surface area contributed by atoms with Gasteiger partial charge >= 0.3 is 12.1 Å². The van der Waals surface area contributed by atoms with Gasteiger partial charge in [0.15, 0.2) is 0 Å². The van der Waals surface area contributed by atoms with Gasteiger partial charge in [-0.2, -0.15) is 13.2 Å². The molecule has 0 rings (SSSR count). The highest BCUT2D eigenvalue weighted by Gasteiger charge is 2.26. The van der Waals surface area contributed by atoms with Crippen molar-refractivity contribution in [3.63, 3.8) is 0 Å². The van der Waals surface area contributed by atoms with Crippen LogP contribution in [0, 0.1) is 0 Å². The van der Waals surface area contributed by atoms with E-state index < -0.39 is 18.2 Å². The summed E-state index contributed by atoms with van der Waals surface area (Å²) in [5.41, 5.74) is -0.526. The lowest BCUT2D eigenvalue weighted by Gasteiger charge is -2.22. The minimum Gasteiger partial charge on any atom is -0.459 e. The second-order valence-corrected chi connectivity index (χ2v) is 6.57. The highest BCUT2D eigenvalue weighted by Crippen LogP contribution is 2.24. The predicted octanol–water partition coefficient (Wildman–Crippen LogP) is 4.18. The molecule has 0 saturated carbocycles. The number of hydrogen-bond donors (Lipinski definition) is 0. The summed E-state index contributed by atoms with van der Waals surface area (Å²) in [5, 5.41) is -0.338. The molecule has 1 unspecified atom stereocenters. The van der Waals surface area contributed by atoms with Crippen LogP contribution in [0.25, 0.3) is 0 Å². The van der Waals surface area contributed by atoms with Crippen molar-refractivity contribution in [2.75, 3.05) is 5.75 Å². The van der Waals surface area contributed by atoms with Crippen LogP contribution in [0.2, 0.25) is 0 Å². The smallest absolute Gasteiger partial charge is 0.389 e. The highest BCUT2D eigenvalue weighted by atomic mass is 32.2. The molecule has 0 aromatic heterocycles. The van der Waals surface area contributed by atoms with Crippen molar-refractivity contribution in [1.82, 2.24) is 0 Å². The summed E-state index contributed by atoms with van der Waals surface area (Å²) in [7, 11) is 0. The van der Waals surface area contributed by atoms with Crippen molar-refractivity contribution in [1.29, 1.82) is 0 Å². The molecular formula is C12H21F3O2S. The van der Waals surface area contributed by atoms with Gasteiger partial charge in [-0.25, -0.2) is 0 Å². The Hall–Kier alpha value is -0.390. The first-order valence-corrected chi connectivity index (χ1v) is 6.97. The molecule has 0 aliphatic rings. The van der Waals surface area contributed by atoms with E-state index >= 15 is 0 Å². The molecule has 0 spiro atoms. The maximum atomic E-state index is 11.9. The monoisotopic (exact) mass is 286 g/mol. The Balaban J connectivity index is 3.71. The normalized spacial score (nSPS) is 14.4. The number of ether oxygens (including phenoxy) is 1. The average molecular weight is 286 g/mol. The Morgan fingerprint density at radius 3 is 2.22 bits per heavy atom. The molecule has 0 aliphatic heterocycles. The lowest BCUT2D eigenvalue weighted by atomic mass is 10.2. The minimum atomic E-state index is -4.08. The van der Waals surface area contributed by atoms with Gasteiger partial charge in [-0.1, -0.05) is 0 Å². The zero-order valence-electron chi connectivity index (χ0n) is 11.3. The van der Waals surface area contributed by atoms with Crippen LogP contribution in [0.1, 0.15) is 47.0 Å². The van der Waals surface area contributed by atoms with E-state index in [4.69, 9.17) is 4.74 Å². The molecule has 6 heteroatoms. The van der Waals surface area contributed by atoms with E-state index in [9.17, 15) is 18.0 Å². The van der Waals surface area contributed by atoms with Crippen molar-refractivity contribution < 1.29 is 22.7 Å². The summed E-state index contributed by atoms with van der Waals surface area (Å²) in [5.74, 6) is 0.222. The summed E-state index contributed by atoms with van der Waals surface area (Å²) < 4.78 is 40.8. The number of thioether (sulfide) groups is 1. The van der Waals surface area contributed by atoms with Crippen molar-refractivity contribution in [3.05, 3.63) is 0 Å². The fraction of sp³-hybridized carbons (Fsp3) is 0.917. The molecule has 108 valence electrons. The van der Waals surface area contributed by atoms with E-state index in [0.29, 0.717) is 12.2 Å². The van der Waals surface area contributed by atoms with Gasteiger partial charge in [0.05, 0.1) is 5.25 Å². The zero-order chi connectivity index (χ0) is 14.4. The molecule has 0 aliphatic carbocycles. The number of alkyl halides is 3. The van der Waals surface area contributed by atoms with Gasteiger partial charge in [-0.3, -0.25) is 4.79 Å². The largest absolute Gasteiger partial charge is 0.459 e. The lowest BCUT2D eigenvalue weighted by molar-refractivity contribution is -0.153. The Bertz CT molecular complexity index is 259. The maximum Gasteiger partial charge on any atom is 0.389 e. The van der Waals surface area contributed by atoms with E-state index in [-0.39, 0.29) is 17.6 Å². The van der Waals surface area contributed by atoms with E-state index in [0.717, 1.165) is 0 Å². The maximum absolute atomic E-state index is 11.9. The number of carbonyl (C=O) groups excluding carboxylic acids is 1. The van der Waals surface area contributed by atoms with Gasteiger partial charge in [0.25, 0.3) is 0 Å². The third-order valence-electron chi connectivity index (χ3n) is 1.96. The summed E-state index contributed by atoms with van der Waals surface area (Å²) in [6.07, 6.45) is -4.27. The zero-order valence-corrected chi connectivity index (χ0v) is 12.1. The van der Waals surface area contributed by atoms with Crippen LogP contribution in [0.4, 0.5) is 13.2 Å². The van der Waals surface area contributed by atoms with Crippen LogP contribution in [0.15, 0.2) is 0 Å². The third-order valence-corrected chi connectivity index (χ3v) is 3.18. The van der Waals surface area contributed by atoms with Crippen LogP contribution < -0.4 is 0 Å². The summed E-state index contributed by atoms with van der Waals surface area (Å²) in [6, 6.07) is 0. The van der Waals surface area contributed by atoms with Gasteiger partial charge in [-0.15, -0.1) is 11.8 Å². The van der Waals surface area contributed by atoms with Crippen LogP contribution in [-0.2, 0) is 9.53 Å². The molecule has 0 heterocycles. The second-order valence-electron chi connectivity index (χ2n) is 5.12. The van der Waals surface area contributed by atoms with E-state index in [2.05, 4.69) is 0 Å². The fourth-order valence-electron chi connectivity index (χ4n) is 1.14. The van der Waals surface area contributed by atoms with Gasteiger partial charge in [0.2, 0.25) is 0 Å². The summed E-state index contributed by atoms with van der Waals surface area (Å²) >= 11 is 1.33. The molecule has 0 aromatic rings. The van der Waals surface area contributed by atoms with Gasteiger partial charge in [0.1, 0.15) is 5.60 Å². The summed E-state index contributed by atoms with van der Waals surface area (Å²) in [4.78, 5) is 11.6. The topological polar surface area (TPSA) is 26.3 Å². The Labute approximate surface area is 111 Å². The number of halogens is 3. The first-order chi connectivity index (χ1) is 8.01. The fourth-order valence-corrected chi connectivity index (χ4v) is 2.05. The number of rotatable bonds is 6. The third kappa shape index (κ3) is 10.7. The van der Waals surface area contributed by atoms with Crippen LogP contribution in [0.3, 0.4) is 0 Å². The van der Waals surface area contributed by atoms with E-state index in [1.807, 2.05) is 0 Å². The molecule has 0 aromatic carbocycles. The van der Waals surface area contributed by atoms with E-state index in [1.165, 1.54) is 11.8 Å². The summed E-state index contributed by atoms with van der Waals surface area (Å²) in [6.45, 7) is 7.06. The standard InChI is InChI=1S/C12H21F3O2S/c1-9(10(16)17-11(2,3)4)18-8-6-5-7-12(13,14)15/h9H,5-8H2,1-4H3. The van der Waals surface area contributed by atoms with Crippen LogP contribution in [-0.4, -0.2) is 28.7 Å². The van der Waals surface area contributed by atoms with Crippen LogP contribution >= 0.6 is 11.8 Å². The molecule has 0 saturated heterocycles. The van der Waals surface area contributed by atoms with Crippen molar-refractivity contribution in [2.45, 2.75) is 64.0 Å². The average Bonchev–Trinajstić information content (AvgIpc) is 2.12. The lowest BCUT2D eigenvalue weighted by Crippen LogP contribution is -2.29. The minimum absolute atomic E-state index is 0.109. The molecule has 0 amide bonds. The molecule has 0 fully saturated rings. The Kier molecular flexibility index (Phi) is 7.10. The molecular weight excluding hydrogens is 265 g/mol. The number of esters is 1. The molecule has 1 atom stereocenters. The van der Waals surface area contributed by atoms with Gasteiger partial charge in [-0.05, 0) is 46.3 Å². The highest BCUT2D eigenvalue weighted by molar-refractivity contribution is 8.00. The molecule has 0 radical (unpaired) electrons. The molecule has 0 N–H and O–H groups in total. The first-order valence-electron chi connectivity index (χ1n) is 5.92. The quantitative estimate of drug-likeness (QED) is 0.541. The van der Waals surface area contributed by atoms with Crippen molar-refractivity contribution in [3.8, 4) is 0 Å². The second kappa shape index (κ2) is 7.26. The van der Waals surface area contributed by atoms with Gasteiger partial charge < -0.3 is 4.74 Å². The van der Waals surface area contributed by atoms with Crippen molar-refractivity contribution >= 4 is 17.7 Å². The number of carbonyl (C=O) groups is 1.